The van der Waals surface area contributed by atoms with Gasteiger partial charge in [0.05, 0.1) is 4.92 Å². The predicted molar refractivity (Wildman–Crippen MR) is 93.2 cm³/mol. The van der Waals surface area contributed by atoms with Crippen LogP contribution >= 0.6 is 0 Å². The fraction of sp³-hybridized carbons (Fsp3) is 0.353. The highest BCUT2D eigenvalue weighted by molar-refractivity contribution is 5.77. The Kier molecular flexibility index (Phi) is 4.87. The maximum atomic E-state index is 11.3. The summed E-state index contributed by atoms with van der Waals surface area (Å²) in [5.74, 6) is 1.29. The van der Waals surface area contributed by atoms with Crippen molar-refractivity contribution >= 4 is 17.4 Å². The van der Waals surface area contributed by atoms with Crippen molar-refractivity contribution < 1.29 is 9.72 Å². The van der Waals surface area contributed by atoms with E-state index in [4.69, 9.17) is 0 Å². The molecule has 0 radical (unpaired) electrons. The number of non-ortho nitro benzene ring substituents is 1. The van der Waals surface area contributed by atoms with Gasteiger partial charge >= 0.3 is 0 Å². The molecule has 130 valence electrons. The van der Waals surface area contributed by atoms with Gasteiger partial charge in [-0.3, -0.25) is 14.9 Å². The van der Waals surface area contributed by atoms with Crippen molar-refractivity contribution in [3.63, 3.8) is 0 Å². The van der Waals surface area contributed by atoms with Crippen molar-refractivity contribution in [2.24, 2.45) is 0 Å². The molecule has 8 nitrogen and oxygen atoms in total. The van der Waals surface area contributed by atoms with Gasteiger partial charge in [0.1, 0.15) is 5.82 Å². The zero-order chi connectivity index (χ0) is 17.8. The molecule has 25 heavy (non-hydrogen) atoms. The number of hydrogen-bond acceptors (Lipinski definition) is 6. The number of aromatic nitrogens is 2. The minimum Gasteiger partial charge on any atom is -0.365 e. The first-order valence-corrected chi connectivity index (χ1v) is 8.21. The van der Waals surface area contributed by atoms with Gasteiger partial charge < -0.3 is 10.6 Å². The summed E-state index contributed by atoms with van der Waals surface area (Å²) in [5.41, 5.74) is 1.64. The lowest BCUT2D eigenvalue weighted by Gasteiger charge is -2.24. The summed E-state index contributed by atoms with van der Waals surface area (Å²) in [6.07, 6.45) is 2.00. The third kappa shape index (κ3) is 4.09. The second-order valence-corrected chi connectivity index (χ2v) is 5.91. The molecular formula is C17H19N5O3. The third-order valence-corrected chi connectivity index (χ3v) is 4.10. The van der Waals surface area contributed by atoms with E-state index in [9.17, 15) is 14.9 Å². The highest BCUT2D eigenvalue weighted by Gasteiger charge is 2.18. The number of carbonyl (C=O) groups excluding carboxylic acids is 1. The maximum absolute atomic E-state index is 11.3. The molecule has 0 saturated carbocycles. The van der Waals surface area contributed by atoms with Crippen LogP contribution in [0.15, 0.2) is 30.3 Å². The van der Waals surface area contributed by atoms with E-state index in [1.165, 1.54) is 12.1 Å². The van der Waals surface area contributed by atoms with Gasteiger partial charge in [-0.25, -0.2) is 9.97 Å². The Morgan fingerprint density at radius 3 is 2.68 bits per heavy atom. The molecule has 1 aliphatic rings. The first-order chi connectivity index (χ1) is 12.0. The molecule has 1 fully saturated rings. The van der Waals surface area contributed by atoms with E-state index >= 15 is 0 Å². The second-order valence-electron chi connectivity index (χ2n) is 5.91. The quantitative estimate of drug-likeness (QED) is 0.638. The number of aryl methyl sites for hydroxylation is 1. The van der Waals surface area contributed by atoms with Crippen molar-refractivity contribution in [2.75, 3.05) is 11.9 Å². The smallest absolute Gasteiger partial charge is 0.269 e. The number of nitrogens with one attached hydrogen (secondary N) is 2. The van der Waals surface area contributed by atoms with Crippen LogP contribution < -0.4 is 10.6 Å². The average molecular weight is 341 g/mol. The zero-order valence-electron chi connectivity index (χ0n) is 13.9. The summed E-state index contributed by atoms with van der Waals surface area (Å²) >= 11 is 0. The fourth-order valence-electron chi connectivity index (χ4n) is 2.68. The number of amides is 1. The minimum atomic E-state index is -0.433. The monoisotopic (exact) mass is 341 g/mol. The zero-order valence-corrected chi connectivity index (χ0v) is 13.9. The van der Waals surface area contributed by atoms with Gasteiger partial charge in [0.25, 0.3) is 5.69 Å². The van der Waals surface area contributed by atoms with Crippen molar-refractivity contribution in [1.29, 1.82) is 0 Å². The Bertz CT molecular complexity index is 781. The van der Waals surface area contributed by atoms with E-state index in [1.807, 2.05) is 13.0 Å². The van der Waals surface area contributed by atoms with E-state index < -0.39 is 4.92 Å². The molecule has 1 aromatic carbocycles. The van der Waals surface area contributed by atoms with Crippen LogP contribution in [-0.2, 0) is 11.2 Å². The number of benzene rings is 1. The number of anilines is 1. The van der Waals surface area contributed by atoms with Crippen LogP contribution in [0.3, 0.4) is 0 Å². The molecular weight excluding hydrogens is 322 g/mol. The Balaban J connectivity index is 1.84. The van der Waals surface area contributed by atoms with Crippen molar-refractivity contribution in [3.8, 4) is 11.4 Å². The first-order valence-electron chi connectivity index (χ1n) is 8.21. The lowest BCUT2D eigenvalue weighted by molar-refractivity contribution is -0.384. The van der Waals surface area contributed by atoms with Gasteiger partial charge in [0.15, 0.2) is 5.82 Å². The van der Waals surface area contributed by atoms with Crippen molar-refractivity contribution in [3.05, 3.63) is 46.1 Å². The van der Waals surface area contributed by atoms with E-state index in [-0.39, 0.29) is 17.6 Å². The molecule has 0 spiro atoms. The van der Waals surface area contributed by atoms with Crippen molar-refractivity contribution in [2.45, 2.75) is 32.2 Å². The van der Waals surface area contributed by atoms with E-state index in [0.717, 1.165) is 24.1 Å². The number of nitrogens with zero attached hydrogens (tertiary/aromatic N) is 3. The van der Waals surface area contributed by atoms with Crippen LogP contribution in [0.4, 0.5) is 11.5 Å². The summed E-state index contributed by atoms with van der Waals surface area (Å²) < 4.78 is 0. The molecule has 1 amide bonds. The average Bonchev–Trinajstić information content (AvgIpc) is 2.63. The second kappa shape index (κ2) is 7.25. The van der Waals surface area contributed by atoms with Gasteiger partial charge in [-0.05, 0) is 25.0 Å². The van der Waals surface area contributed by atoms with Crippen LogP contribution in [0.5, 0.6) is 0 Å². The maximum Gasteiger partial charge on any atom is 0.269 e. The van der Waals surface area contributed by atoms with Crippen LogP contribution in [0.25, 0.3) is 11.4 Å². The van der Waals surface area contributed by atoms with E-state index in [1.54, 1.807) is 12.1 Å². The largest absolute Gasteiger partial charge is 0.365 e. The highest BCUT2D eigenvalue weighted by atomic mass is 16.6. The summed E-state index contributed by atoms with van der Waals surface area (Å²) in [7, 11) is 0. The summed E-state index contributed by atoms with van der Waals surface area (Å²) in [6, 6.07) is 8.21. The van der Waals surface area contributed by atoms with Gasteiger partial charge in [-0.15, -0.1) is 0 Å². The van der Waals surface area contributed by atoms with Gasteiger partial charge in [0.2, 0.25) is 5.91 Å². The molecule has 2 heterocycles. The fourth-order valence-corrected chi connectivity index (χ4v) is 2.68. The van der Waals surface area contributed by atoms with Crippen LogP contribution in [0, 0.1) is 10.1 Å². The SMILES string of the molecule is CCc1cc(NC2CCC(=O)NC2)nc(-c2ccc([N+](=O)[O-])cc2)n1. The van der Waals surface area contributed by atoms with Crippen LogP contribution in [0.1, 0.15) is 25.5 Å². The molecule has 1 atom stereocenters. The minimum absolute atomic E-state index is 0.0340. The Morgan fingerprint density at radius 1 is 1.32 bits per heavy atom. The lowest BCUT2D eigenvalue weighted by Crippen LogP contribution is -2.42. The van der Waals surface area contributed by atoms with E-state index in [2.05, 4.69) is 20.6 Å². The normalized spacial score (nSPS) is 17.0. The van der Waals surface area contributed by atoms with Gasteiger partial charge in [-0.1, -0.05) is 6.92 Å². The van der Waals surface area contributed by atoms with E-state index in [0.29, 0.717) is 24.6 Å². The molecule has 0 aliphatic carbocycles. The first kappa shape index (κ1) is 16.8. The molecule has 3 rings (SSSR count). The Hall–Kier alpha value is -3.03. The third-order valence-electron chi connectivity index (χ3n) is 4.10. The summed E-state index contributed by atoms with van der Waals surface area (Å²) in [6.45, 7) is 2.57. The molecule has 1 saturated heterocycles. The summed E-state index contributed by atoms with van der Waals surface area (Å²) in [5, 5.41) is 17.0. The molecule has 0 bridgehead atoms. The molecule has 1 aromatic heterocycles. The van der Waals surface area contributed by atoms with Crippen molar-refractivity contribution in [1.82, 2.24) is 15.3 Å². The predicted octanol–water partition coefficient (Wildman–Crippen LogP) is 2.30. The Morgan fingerprint density at radius 2 is 2.08 bits per heavy atom. The number of carbonyl (C=O) groups is 1. The summed E-state index contributed by atoms with van der Waals surface area (Å²) in [4.78, 5) is 30.7. The number of nitro groups is 1. The number of hydrogen-bond donors (Lipinski definition) is 2. The Labute approximate surface area is 144 Å². The molecule has 1 aliphatic heterocycles. The topological polar surface area (TPSA) is 110 Å². The standard InChI is InChI=1S/C17H19N5O3/c1-2-12-9-15(19-13-5-8-16(23)18-10-13)21-17(20-12)11-3-6-14(7-4-11)22(24)25/h3-4,6-7,9,13H,2,5,8,10H2,1H3,(H,18,23)(H,19,20,21). The number of nitro benzene ring substituents is 1. The van der Waals surface area contributed by atoms with Gasteiger partial charge in [-0.2, -0.15) is 0 Å². The lowest BCUT2D eigenvalue weighted by atomic mass is 10.1. The van der Waals surface area contributed by atoms with Crippen LogP contribution in [-0.4, -0.2) is 33.4 Å². The number of piperidine rings is 1. The molecule has 2 N–H and O–H groups in total. The highest BCUT2D eigenvalue weighted by Crippen LogP contribution is 2.22. The van der Waals surface area contributed by atoms with Gasteiger partial charge in [0, 0.05) is 48.5 Å². The molecule has 2 aromatic rings. The molecule has 1 unspecified atom stereocenters. The molecule has 8 heteroatoms. The number of rotatable bonds is 5. The van der Waals surface area contributed by atoms with Crippen LogP contribution in [0.2, 0.25) is 0 Å².